The second-order valence-corrected chi connectivity index (χ2v) is 4.69. The summed E-state index contributed by atoms with van der Waals surface area (Å²) in [6, 6.07) is 10.1. The average Bonchev–Trinajstić information content (AvgIpc) is 2.75. The average molecular weight is 258 g/mol. The van der Waals surface area contributed by atoms with E-state index in [0.29, 0.717) is 0 Å². The van der Waals surface area contributed by atoms with Crippen LogP contribution in [-0.4, -0.2) is 31.8 Å². The Morgan fingerprint density at radius 1 is 1.32 bits per heavy atom. The molecule has 0 aliphatic carbocycles. The Morgan fingerprint density at radius 3 is 3.16 bits per heavy atom. The summed E-state index contributed by atoms with van der Waals surface area (Å²) in [4.78, 5) is 4.72. The monoisotopic (exact) mass is 258 g/mol. The minimum absolute atomic E-state index is 0.0248. The first kappa shape index (κ1) is 12.4. The smallest absolute Gasteiger partial charge is 0.145 e. The van der Waals surface area contributed by atoms with Gasteiger partial charge in [0, 0.05) is 18.5 Å². The zero-order valence-corrected chi connectivity index (χ0v) is 11.1. The van der Waals surface area contributed by atoms with Gasteiger partial charge in [-0.25, -0.2) is 4.98 Å². The number of hydrogen-bond donors (Lipinski definition) is 1. The van der Waals surface area contributed by atoms with Gasteiger partial charge in [-0.3, -0.25) is 0 Å². The summed E-state index contributed by atoms with van der Waals surface area (Å²) in [6.07, 6.45) is 1.07. The fraction of sp³-hybridized carbons (Fsp3) is 0.400. The van der Waals surface area contributed by atoms with Crippen LogP contribution in [0, 0.1) is 0 Å². The van der Waals surface area contributed by atoms with Gasteiger partial charge < -0.3 is 14.8 Å². The number of nitrogens with one attached hydrogen (secondary N) is 1. The van der Waals surface area contributed by atoms with Crippen LogP contribution in [0.15, 0.2) is 30.3 Å². The van der Waals surface area contributed by atoms with Gasteiger partial charge in [-0.2, -0.15) is 0 Å². The van der Waals surface area contributed by atoms with Crippen LogP contribution in [0.2, 0.25) is 0 Å². The van der Waals surface area contributed by atoms with Crippen molar-refractivity contribution in [2.24, 2.45) is 0 Å². The minimum atomic E-state index is 0.0248. The highest BCUT2D eigenvalue weighted by Crippen LogP contribution is 2.26. The molecule has 1 aromatic heterocycles. The molecule has 1 aromatic carbocycles. The number of para-hydroxylation sites is 1. The SMILES string of the molecule is COc1cccc2ccc(C3CNCCCO3)nc12. The van der Waals surface area contributed by atoms with Crippen molar-refractivity contribution in [1.29, 1.82) is 0 Å². The Morgan fingerprint density at radius 2 is 2.26 bits per heavy atom. The summed E-state index contributed by atoms with van der Waals surface area (Å²) in [5, 5.41) is 4.46. The fourth-order valence-electron chi connectivity index (χ4n) is 2.38. The van der Waals surface area contributed by atoms with E-state index in [1.54, 1.807) is 7.11 Å². The van der Waals surface area contributed by atoms with Gasteiger partial charge in [0.1, 0.15) is 17.4 Å². The lowest BCUT2D eigenvalue weighted by Crippen LogP contribution is -2.20. The number of methoxy groups -OCH3 is 1. The maximum atomic E-state index is 5.85. The molecule has 1 N–H and O–H groups in total. The zero-order chi connectivity index (χ0) is 13.1. The third-order valence-electron chi connectivity index (χ3n) is 3.40. The summed E-state index contributed by atoms with van der Waals surface area (Å²) >= 11 is 0. The maximum absolute atomic E-state index is 5.85. The van der Waals surface area contributed by atoms with Gasteiger partial charge in [-0.15, -0.1) is 0 Å². The third kappa shape index (κ3) is 2.55. The Labute approximate surface area is 112 Å². The number of benzene rings is 1. The van der Waals surface area contributed by atoms with Gasteiger partial charge in [-0.1, -0.05) is 18.2 Å². The van der Waals surface area contributed by atoms with Crippen LogP contribution >= 0.6 is 0 Å². The van der Waals surface area contributed by atoms with E-state index in [9.17, 15) is 0 Å². The summed E-state index contributed by atoms with van der Waals surface area (Å²) in [5.74, 6) is 0.806. The molecule has 0 spiro atoms. The van der Waals surface area contributed by atoms with Crippen LogP contribution in [0.1, 0.15) is 18.2 Å². The highest BCUT2D eigenvalue weighted by molar-refractivity contribution is 5.84. The van der Waals surface area contributed by atoms with Crippen LogP contribution in [0.3, 0.4) is 0 Å². The summed E-state index contributed by atoms with van der Waals surface area (Å²) in [6.45, 7) is 2.60. The van der Waals surface area contributed by atoms with E-state index in [1.165, 1.54) is 0 Å². The molecule has 1 unspecified atom stereocenters. The highest BCUT2D eigenvalue weighted by Gasteiger charge is 2.16. The van der Waals surface area contributed by atoms with E-state index in [-0.39, 0.29) is 6.10 Å². The maximum Gasteiger partial charge on any atom is 0.145 e. The second-order valence-electron chi connectivity index (χ2n) is 4.69. The summed E-state index contributed by atoms with van der Waals surface area (Å²) in [7, 11) is 1.67. The molecule has 3 rings (SSSR count). The molecule has 1 saturated heterocycles. The zero-order valence-electron chi connectivity index (χ0n) is 11.1. The van der Waals surface area contributed by atoms with Gasteiger partial charge in [0.25, 0.3) is 0 Å². The Hall–Kier alpha value is -1.65. The molecular weight excluding hydrogens is 240 g/mol. The van der Waals surface area contributed by atoms with E-state index in [4.69, 9.17) is 14.5 Å². The van der Waals surface area contributed by atoms with E-state index < -0.39 is 0 Å². The van der Waals surface area contributed by atoms with Gasteiger partial charge in [0.05, 0.1) is 12.8 Å². The highest BCUT2D eigenvalue weighted by atomic mass is 16.5. The first-order valence-electron chi connectivity index (χ1n) is 6.64. The number of rotatable bonds is 2. The molecule has 0 amide bonds. The molecule has 19 heavy (non-hydrogen) atoms. The molecule has 1 atom stereocenters. The van der Waals surface area contributed by atoms with Gasteiger partial charge in [0.15, 0.2) is 0 Å². The first-order chi connectivity index (χ1) is 9.38. The molecule has 4 heteroatoms. The lowest BCUT2D eigenvalue weighted by atomic mass is 10.1. The van der Waals surface area contributed by atoms with Gasteiger partial charge in [-0.05, 0) is 25.1 Å². The molecular formula is C15H18N2O2. The third-order valence-corrected chi connectivity index (χ3v) is 3.40. The minimum Gasteiger partial charge on any atom is -0.494 e. The molecule has 0 radical (unpaired) electrons. The Balaban J connectivity index is 1.99. The summed E-state index contributed by atoms with van der Waals surface area (Å²) < 4.78 is 11.2. The predicted molar refractivity (Wildman–Crippen MR) is 74.5 cm³/mol. The van der Waals surface area contributed by atoms with Gasteiger partial charge >= 0.3 is 0 Å². The van der Waals surface area contributed by atoms with Crippen LogP contribution in [-0.2, 0) is 4.74 Å². The molecule has 2 aromatic rings. The van der Waals surface area contributed by atoms with Crippen LogP contribution in [0.25, 0.3) is 10.9 Å². The number of hydrogen-bond acceptors (Lipinski definition) is 4. The molecule has 2 heterocycles. The van der Waals surface area contributed by atoms with Crippen molar-refractivity contribution in [2.75, 3.05) is 26.8 Å². The number of ether oxygens (including phenoxy) is 2. The standard InChI is InChI=1S/C15H18N2O2/c1-18-13-5-2-4-11-6-7-12(17-15(11)13)14-10-16-8-3-9-19-14/h2,4-7,14,16H,3,8-10H2,1H3. The lowest BCUT2D eigenvalue weighted by molar-refractivity contribution is 0.0641. The van der Waals surface area contributed by atoms with Gasteiger partial charge in [0.2, 0.25) is 0 Å². The number of fused-ring (bicyclic) bond motifs is 1. The van der Waals surface area contributed by atoms with Crippen LogP contribution in [0.4, 0.5) is 0 Å². The topological polar surface area (TPSA) is 43.4 Å². The van der Waals surface area contributed by atoms with Crippen molar-refractivity contribution in [3.05, 3.63) is 36.0 Å². The molecule has 100 valence electrons. The Kier molecular flexibility index (Phi) is 3.62. The molecule has 1 aliphatic rings. The van der Waals surface area contributed by atoms with Crippen LogP contribution < -0.4 is 10.1 Å². The number of pyridine rings is 1. The van der Waals surface area contributed by atoms with Crippen molar-refractivity contribution < 1.29 is 9.47 Å². The normalized spacial score (nSPS) is 20.2. The predicted octanol–water partition coefficient (Wildman–Crippen LogP) is 2.29. The molecule has 4 nitrogen and oxygen atoms in total. The molecule has 0 saturated carbocycles. The van der Waals surface area contributed by atoms with E-state index in [1.807, 2.05) is 24.3 Å². The lowest BCUT2D eigenvalue weighted by Gasteiger charge is -2.15. The van der Waals surface area contributed by atoms with E-state index in [0.717, 1.165) is 48.5 Å². The number of nitrogens with zero attached hydrogens (tertiary/aromatic N) is 1. The van der Waals surface area contributed by atoms with Crippen molar-refractivity contribution in [2.45, 2.75) is 12.5 Å². The first-order valence-corrected chi connectivity index (χ1v) is 6.64. The quantitative estimate of drug-likeness (QED) is 0.897. The van der Waals surface area contributed by atoms with E-state index >= 15 is 0 Å². The van der Waals surface area contributed by atoms with Crippen molar-refractivity contribution >= 4 is 10.9 Å². The fourth-order valence-corrected chi connectivity index (χ4v) is 2.38. The molecule has 0 bridgehead atoms. The largest absolute Gasteiger partial charge is 0.494 e. The van der Waals surface area contributed by atoms with Crippen molar-refractivity contribution in [3.8, 4) is 5.75 Å². The summed E-state index contributed by atoms with van der Waals surface area (Å²) in [5.41, 5.74) is 1.86. The van der Waals surface area contributed by atoms with Crippen LogP contribution in [0.5, 0.6) is 5.75 Å². The van der Waals surface area contributed by atoms with Crippen molar-refractivity contribution in [1.82, 2.24) is 10.3 Å². The van der Waals surface area contributed by atoms with Crippen molar-refractivity contribution in [3.63, 3.8) is 0 Å². The Bertz CT molecular complexity index is 563. The van der Waals surface area contributed by atoms with E-state index in [2.05, 4.69) is 11.4 Å². The number of aromatic nitrogens is 1. The molecule has 1 aliphatic heterocycles. The second kappa shape index (κ2) is 5.55. The molecule has 1 fully saturated rings.